The number of imidazole rings is 2. The number of aryl methyl sites for hydroxylation is 3. The summed E-state index contributed by atoms with van der Waals surface area (Å²) in [5.41, 5.74) is 7.12. The molecule has 4 aromatic rings. The zero-order chi connectivity index (χ0) is 26.8. The number of fused-ring (bicyclic) bond motifs is 1. The highest BCUT2D eigenvalue weighted by Crippen LogP contribution is 2.37. The van der Waals surface area contributed by atoms with Gasteiger partial charge in [0.05, 0.1) is 36.0 Å². The Bertz CT molecular complexity index is 1280. The molecule has 0 bridgehead atoms. The molecule has 0 aliphatic carbocycles. The molecule has 0 amide bonds. The van der Waals surface area contributed by atoms with Crippen LogP contribution in [0.1, 0.15) is 38.7 Å². The fourth-order valence-electron chi connectivity index (χ4n) is 3.21. The van der Waals surface area contributed by atoms with Gasteiger partial charge < -0.3 is 14.9 Å². The zero-order valence-electron chi connectivity index (χ0n) is 22.4. The lowest BCUT2D eigenvalue weighted by Gasteiger charge is -2.14. The van der Waals surface area contributed by atoms with Crippen molar-refractivity contribution in [3.05, 3.63) is 48.3 Å². The van der Waals surface area contributed by atoms with E-state index in [0.717, 1.165) is 51.2 Å². The van der Waals surface area contributed by atoms with Crippen LogP contribution < -0.4 is 5.32 Å². The Balaban J connectivity index is 0.000000501. The number of hydrogen-bond donors (Lipinski definition) is 1. The number of rotatable bonds is 6. The second kappa shape index (κ2) is 14.7. The summed E-state index contributed by atoms with van der Waals surface area (Å²) in [6.07, 6.45) is 7.68. The lowest BCUT2D eigenvalue weighted by Crippen LogP contribution is -1.97. The van der Waals surface area contributed by atoms with Crippen molar-refractivity contribution in [3.8, 4) is 11.3 Å². The van der Waals surface area contributed by atoms with Gasteiger partial charge in [0.1, 0.15) is 11.3 Å². The van der Waals surface area contributed by atoms with Crippen LogP contribution in [0.2, 0.25) is 0 Å². The van der Waals surface area contributed by atoms with Crippen LogP contribution in [0.5, 0.6) is 0 Å². The summed E-state index contributed by atoms with van der Waals surface area (Å²) in [5.74, 6) is 1.87. The maximum Gasteiger partial charge on any atom is 0.166 e. The van der Waals surface area contributed by atoms with Crippen LogP contribution in [-0.4, -0.2) is 43.9 Å². The summed E-state index contributed by atoms with van der Waals surface area (Å²) in [5, 5.41) is 3.60. The summed E-state index contributed by atoms with van der Waals surface area (Å²) in [4.78, 5) is 18.1. The van der Waals surface area contributed by atoms with Gasteiger partial charge in [-0.15, -0.1) is 11.8 Å². The molecule has 36 heavy (non-hydrogen) atoms. The molecule has 0 saturated carbocycles. The van der Waals surface area contributed by atoms with Gasteiger partial charge in [-0.25, -0.2) is 15.0 Å². The number of thioether (sulfide) groups is 1. The van der Waals surface area contributed by atoms with Gasteiger partial charge in [0.15, 0.2) is 5.65 Å². The van der Waals surface area contributed by atoms with Gasteiger partial charge in [-0.05, 0) is 73.0 Å². The molecule has 7 nitrogen and oxygen atoms in total. The van der Waals surface area contributed by atoms with E-state index in [1.807, 2.05) is 38.0 Å². The molecule has 4 rings (SSSR count). The predicted octanol–water partition coefficient (Wildman–Crippen LogP) is 8.07. The molecule has 0 saturated heterocycles. The van der Waals surface area contributed by atoms with Gasteiger partial charge >= 0.3 is 0 Å². The van der Waals surface area contributed by atoms with E-state index < -0.39 is 0 Å². The second-order valence-electron chi connectivity index (χ2n) is 8.61. The molecule has 0 spiro atoms. The van der Waals surface area contributed by atoms with Crippen molar-refractivity contribution in [2.24, 2.45) is 18.0 Å². The smallest absolute Gasteiger partial charge is 0.166 e. The summed E-state index contributed by atoms with van der Waals surface area (Å²) in [7, 11) is 3.65. The number of anilines is 2. The summed E-state index contributed by atoms with van der Waals surface area (Å²) >= 11 is 4.09. The summed E-state index contributed by atoms with van der Waals surface area (Å²) < 4.78 is 4.19. The fourth-order valence-corrected chi connectivity index (χ4v) is 5.94. The predicted molar refractivity (Wildman–Crippen MR) is 169 cm³/mol. The molecule has 0 radical (unpaired) electrons. The Kier molecular flexibility index (Phi) is 12.3. The first-order valence-corrected chi connectivity index (χ1v) is 17.0. The average Bonchev–Trinajstić information content (AvgIpc) is 3.42. The Morgan fingerprint density at radius 2 is 1.86 bits per heavy atom. The minimum absolute atomic E-state index is 0.571. The highest BCUT2D eigenvalue weighted by atomic mass is 127. The minimum atomic E-state index is 0.571. The standard InChI is InChI=1S/C19H20IN6PS.C5H12.C2H5N/c1-11-7-15(18-19(22-11)26(27-20)12(2)23-18)24-14-6-5-13(8-17(14)28-4)16-9-21-10-25(16)3;1-4-5(2)3;1-3-2/h5-10,27H,1-4H3,(H,22,24);5H,4H2,1-3H3;1H2,2H3. The van der Waals surface area contributed by atoms with Gasteiger partial charge in [-0.3, -0.25) is 4.34 Å². The Labute approximate surface area is 234 Å². The maximum absolute atomic E-state index is 4.77. The van der Waals surface area contributed by atoms with Crippen LogP contribution in [-0.2, 0) is 7.05 Å². The van der Waals surface area contributed by atoms with Crippen molar-refractivity contribution in [2.75, 3.05) is 18.6 Å². The number of halogens is 1. The van der Waals surface area contributed by atoms with Crippen molar-refractivity contribution < 1.29 is 0 Å². The average molecular weight is 638 g/mol. The first-order chi connectivity index (χ1) is 17.2. The Morgan fingerprint density at radius 3 is 2.39 bits per heavy atom. The number of pyridine rings is 1. The highest BCUT2D eigenvalue weighted by molar-refractivity contribution is 14.2. The number of nitrogens with zero attached hydrogens (tertiary/aromatic N) is 6. The fraction of sp³-hybridized carbons (Fsp3) is 0.385. The molecule has 1 N–H and O–H groups in total. The van der Waals surface area contributed by atoms with E-state index in [0.29, 0.717) is 6.37 Å². The van der Waals surface area contributed by atoms with Crippen LogP contribution in [0.4, 0.5) is 11.4 Å². The number of hydrogen-bond acceptors (Lipinski definition) is 6. The molecular formula is C26H37IN7PS. The third-order valence-electron chi connectivity index (χ3n) is 5.40. The van der Waals surface area contributed by atoms with E-state index in [1.165, 1.54) is 11.3 Å². The van der Waals surface area contributed by atoms with Crippen molar-refractivity contribution in [1.29, 1.82) is 0 Å². The van der Waals surface area contributed by atoms with Crippen LogP contribution in [0.25, 0.3) is 22.4 Å². The largest absolute Gasteiger partial charge is 0.353 e. The molecule has 3 aromatic heterocycles. The second-order valence-corrected chi connectivity index (χ2v) is 11.5. The number of nitrogens with one attached hydrogen (secondary N) is 1. The van der Waals surface area contributed by atoms with Crippen molar-refractivity contribution in [1.82, 2.24) is 23.9 Å². The Morgan fingerprint density at radius 1 is 1.19 bits per heavy atom. The van der Waals surface area contributed by atoms with Gasteiger partial charge in [-0.2, -0.15) is 0 Å². The molecule has 3 heterocycles. The molecule has 10 heteroatoms. The summed E-state index contributed by atoms with van der Waals surface area (Å²) in [6.45, 7) is 13.8. The van der Waals surface area contributed by atoms with Crippen molar-refractivity contribution in [3.63, 3.8) is 0 Å². The molecule has 0 aliphatic rings. The van der Waals surface area contributed by atoms with E-state index in [9.17, 15) is 0 Å². The van der Waals surface area contributed by atoms with Crippen LogP contribution >= 0.6 is 40.2 Å². The van der Waals surface area contributed by atoms with Crippen molar-refractivity contribution >= 4 is 69.4 Å². The molecular weight excluding hydrogens is 600 g/mol. The monoisotopic (exact) mass is 637 g/mol. The lowest BCUT2D eigenvalue weighted by molar-refractivity contribution is 0.626. The van der Waals surface area contributed by atoms with E-state index in [4.69, 9.17) is 9.97 Å². The van der Waals surface area contributed by atoms with E-state index >= 15 is 0 Å². The third kappa shape index (κ3) is 7.76. The lowest BCUT2D eigenvalue weighted by atomic mass is 10.1. The third-order valence-corrected chi connectivity index (χ3v) is 8.33. The first kappa shape index (κ1) is 30.3. The Hall–Kier alpha value is -1.97. The molecule has 1 unspecified atom stereocenters. The molecule has 0 fully saturated rings. The summed E-state index contributed by atoms with van der Waals surface area (Å²) in [6, 6.07) is 8.51. The SMILES string of the molecule is C=NC.CCC(C)C.CSc1cc(-c2cncn2C)ccc1Nc1cc(C)nc2c1nc(C)n2PI. The van der Waals surface area contributed by atoms with E-state index in [-0.39, 0.29) is 0 Å². The highest BCUT2D eigenvalue weighted by Gasteiger charge is 2.15. The number of benzene rings is 1. The van der Waals surface area contributed by atoms with Gasteiger partial charge in [-0.1, -0.05) is 33.3 Å². The van der Waals surface area contributed by atoms with Gasteiger partial charge in [0.25, 0.3) is 0 Å². The van der Waals surface area contributed by atoms with Gasteiger partial charge in [0, 0.05) is 30.2 Å². The van der Waals surface area contributed by atoms with Gasteiger partial charge in [0.2, 0.25) is 0 Å². The molecule has 1 aromatic carbocycles. The van der Waals surface area contributed by atoms with Crippen molar-refractivity contribution in [2.45, 2.75) is 45.9 Å². The van der Waals surface area contributed by atoms with Crippen LogP contribution in [0, 0.1) is 19.8 Å². The topological polar surface area (TPSA) is 72.9 Å². The quantitative estimate of drug-likeness (QED) is 0.100. The number of aliphatic imine (C=N–C) groups is 1. The zero-order valence-corrected chi connectivity index (χ0v) is 26.4. The van der Waals surface area contributed by atoms with E-state index in [2.05, 4.69) is 99.7 Å². The first-order valence-electron chi connectivity index (χ1n) is 11.7. The van der Waals surface area contributed by atoms with E-state index in [1.54, 1.807) is 18.8 Å². The van der Waals surface area contributed by atoms with Crippen LogP contribution in [0.3, 0.4) is 0 Å². The minimum Gasteiger partial charge on any atom is -0.353 e. The van der Waals surface area contributed by atoms with Crippen LogP contribution in [0.15, 0.2) is 46.7 Å². The molecule has 194 valence electrons. The molecule has 0 aliphatic heterocycles. The number of aromatic nitrogens is 5. The maximum atomic E-state index is 4.77. The molecule has 1 atom stereocenters. The normalized spacial score (nSPS) is 10.8.